The van der Waals surface area contributed by atoms with Gasteiger partial charge in [0.1, 0.15) is 0 Å². The van der Waals surface area contributed by atoms with E-state index < -0.39 is 0 Å². The van der Waals surface area contributed by atoms with Crippen LogP contribution in [-0.4, -0.2) is 0 Å². The molecule has 1 nitrogen and oxygen atoms in total. The lowest BCUT2D eigenvalue weighted by Crippen LogP contribution is -1.69. The van der Waals surface area contributed by atoms with Crippen molar-refractivity contribution in [1.29, 1.82) is 5.26 Å². The molecule has 0 atom stereocenters. The van der Waals surface area contributed by atoms with Crippen LogP contribution in [0.1, 0.15) is 4.88 Å². The Labute approximate surface area is 99.0 Å². The lowest BCUT2D eigenvalue weighted by molar-refractivity contribution is 1.32. The first-order valence-corrected chi connectivity index (χ1v) is 5.94. The average Bonchev–Trinajstić information content (AvgIpc) is 2.48. The first kappa shape index (κ1) is 9.97. The SMILES string of the molecule is N#CCc1cc2c(Br)cc(Cl)cc2s1. The molecule has 0 fully saturated rings. The maximum absolute atomic E-state index is 8.59. The number of thiophene rings is 1. The number of halogens is 2. The van der Waals surface area contributed by atoms with E-state index >= 15 is 0 Å². The Balaban J connectivity index is 2.66. The summed E-state index contributed by atoms with van der Waals surface area (Å²) in [6.45, 7) is 0. The average molecular weight is 287 g/mol. The smallest absolute Gasteiger partial charge is 0.0696 e. The summed E-state index contributed by atoms with van der Waals surface area (Å²) in [7, 11) is 0. The van der Waals surface area contributed by atoms with E-state index in [1.165, 1.54) is 0 Å². The standard InChI is InChI=1S/C10H5BrClNS/c11-9-3-6(12)4-10-8(9)5-7(14-10)1-2-13/h3-5H,1H2. The van der Waals surface area contributed by atoms with Gasteiger partial charge < -0.3 is 0 Å². The number of nitrogens with zero attached hydrogens (tertiary/aromatic N) is 1. The number of fused-ring (bicyclic) bond motifs is 1. The molecule has 0 aliphatic heterocycles. The lowest BCUT2D eigenvalue weighted by atomic mass is 10.2. The highest BCUT2D eigenvalue weighted by atomic mass is 79.9. The largest absolute Gasteiger partial charge is 0.198 e. The number of rotatable bonds is 1. The Morgan fingerprint density at radius 2 is 2.21 bits per heavy atom. The molecule has 0 aliphatic rings. The summed E-state index contributed by atoms with van der Waals surface area (Å²) in [5.41, 5.74) is 0. The number of hydrogen-bond acceptors (Lipinski definition) is 2. The van der Waals surface area contributed by atoms with E-state index in [0.29, 0.717) is 6.42 Å². The molecule has 0 unspecified atom stereocenters. The summed E-state index contributed by atoms with van der Waals surface area (Å²) in [5.74, 6) is 0. The van der Waals surface area contributed by atoms with Gasteiger partial charge in [0.2, 0.25) is 0 Å². The Morgan fingerprint density at radius 1 is 1.43 bits per heavy atom. The van der Waals surface area contributed by atoms with E-state index in [-0.39, 0.29) is 0 Å². The predicted octanol–water partition coefficient (Wildman–Crippen LogP) is 4.38. The molecule has 0 N–H and O–H groups in total. The Bertz CT molecular complexity index is 527. The zero-order valence-electron chi connectivity index (χ0n) is 7.05. The van der Waals surface area contributed by atoms with Crippen LogP contribution < -0.4 is 0 Å². The molecule has 1 aromatic carbocycles. The first-order valence-electron chi connectivity index (χ1n) is 3.95. The summed E-state index contributed by atoms with van der Waals surface area (Å²) in [5, 5.41) is 10.4. The normalized spacial score (nSPS) is 10.4. The third-order valence-corrected chi connectivity index (χ3v) is 3.81. The van der Waals surface area contributed by atoms with Crippen molar-refractivity contribution in [2.24, 2.45) is 0 Å². The van der Waals surface area contributed by atoms with Gasteiger partial charge in [0.05, 0.1) is 12.5 Å². The van der Waals surface area contributed by atoms with Crippen molar-refractivity contribution in [3.05, 3.63) is 32.6 Å². The summed E-state index contributed by atoms with van der Waals surface area (Å²) in [6.07, 6.45) is 0.462. The molecule has 0 spiro atoms. The van der Waals surface area contributed by atoms with Crippen LogP contribution in [-0.2, 0) is 6.42 Å². The molecule has 0 aliphatic carbocycles. The van der Waals surface area contributed by atoms with Crippen LogP contribution in [0.5, 0.6) is 0 Å². The fourth-order valence-electron chi connectivity index (χ4n) is 1.28. The topological polar surface area (TPSA) is 23.8 Å². The van der Waals surface area contributed by atoms with Crippen molar-refractivity contribution in [3.63, 3.8) is 0 Å². The van der Waals surface area contributed by atoms with Gasteiger partial charge in [-0.05, 0) is 18.2 Å². The van der Waals surface area contributed by atoms with Gasteiger partial charge in [-0.15, -0.1) is 11.3 Å². The van der Waals surface area contributed by atoms with Crippen LogP contribution in [0.25, 0.3) is 10.1 Å². The van der Waals surface area contributed by atoms with Crippen LogP contribution in [0, 0.1) is 11.3 Å². The molecule has 4 heteroatoms. The molecule has 2 rings (SSSR count). The molecular weight excluding hydrogens is 282 g/mol. The minimum atomic E-state index is 0.462. The van der Waals surface area contributed by atoms with Gasteiger partial charge in [-0.1, -0.05) is 27.5 Å². The van der Waals surface area contributed by atoms with Gasteiger partial charge in [-0.25, -0.2) is 0 Å². The molecule has 0 bridgehead atoms. The van der Waals surface area contributed by atoms with Gasteiger partial charge in [-0.3, -0.25) is 0 Å². The van der Waals surface area contributed by atoms with E-state index in [1.54, 1.807) is 11.3 Å². The van der Waals surface area contributed by atoms with Crippen LogP contribution >= 0.6 is 38.9 Å². The second-order valence-electron chi connectivity index (χ2n) is 2.85. The second-order valence-corrected chi connectivity index (χ2v) is 5.31. The highest BCUT2D eigenvalue weighted by Crippen LogP contribution is 2.34. The van der Waals surface area contributed by atoms with Crippen molar-refractivity contribution in [2.45, 2.75) is 6.42 Å². The summed E-state index contributed by atoms with van der Waals surface area (Å²) in [6, 6.07) is 7.96. The van der Waals surface area contributed by atoms with E-state index in [4.69, 9.17) is 16.9 Å². The molecule has 0 saturated carbocycles. The monoisotopic (exact) mass is 285 g/mol. The maximum Gasteiger partial charge on any atom is 0.0696 e. The third kappa shape index (κ3) is 1.78. The zero-order chi connectivity index (χ0) is 10.1. The number of hydrogen-bond donors (Lipinski definition) is 0. The molecule has 2 aromatic rings. The third-order valence-electron chi connectivity index (χ3n) is 1.86. The van der Waals surface area contributed by atoms with Gasteiger partial charge in [0.15, 0.2) is 0 Å². The fraction of sp³-hybridized carbons (Fsp3) is 0.100. The molecule has 14 heavy (non-hydrogen) atoms. The van der Waals surface area contributed by atoms with Gasteiger partial charge >= 0.3 is 0 Å². The molecule has 0 amide bonds. The molecule has 70 valence electrons. The number of nitriles is 1. The highest BCUT2D eigenvalue weighted by molar-refractivity contribution is 9.10. The Kier molecular flexibility index (Phi) is 2.78. The highest BCUT2D eigenvalue weighted by Gasteiger charge is 2.05. The molecule has 0 saturated heterocycles. The van der Waals surface area contributed by atoms with Gasteiger partial charge in [-0.2, -0.15) is 5.26 Å². The molecule has 0 radical (unpaired) electrons. The van der Waals surface area contributed by atoms with E-state index in [2.05, 4.69) is 22.0 Å². The molecule has 1 heterocycles. The Morgan fingerprint density at radius 3 is 2.93 bits per heavy atom. The van der Waals surface area contributed by atoms with Crippen molar-refractivity contribution >= 4 is 49.0 Å². The summed E-state index contributed by atoms with van der Waals surface area (Å²) < 4.78 is 2.11. The predicted molar refractivity (Wildman–Crippen MR) is 63.9 cm³/mol. The van der Waals surface area contributed by atoms with Crippen LogP contribution in [0.3, 0.4) is 0 Å². The van der Waals surface area contributed by atoms with Crippen molar-refractivity contribution in [1.82, 2.24) is 0 Å². The first-order chi connectivity index (χ1) is 6.70. The molecule has 1 aromatic heterocycles. The van der Waals surface area contributed by atoms with Crippen molar-refractivity contribution in [2.75, 3.05) is 0 Å². The van der Waals surface area contributed by atoms with E-state index in [9.17, 15) is 0 Å². The lowest BCUT2D eigenvalue weighted by Gasteiger charge is -1.94. The van der Waals surface area contributed by atoms with Gasteiger partial charge in [0, 0.05) is 24.5 Å². The van der Waals surface area contributed by atoms with Crippen molar-refractivity contribution < 1.29 is 0 Å². The summed E-state index contributed by atoms with van der Waals surface area (Å²) in [4.78, 5) is 1.07. The van der Waals surface area contributed by atoms with E-state index in [0.717, 1.165) is 24.5 Å². The van der Waals surface area contributed by atoms with E-state index in [1.807, 2.05) is 18.2 Å². The maximum atomic E-state index is 8.59. The van der Waals surface area contributed by atoms with Crippen LogP contribution in [0.15, 0.2) is 22.7 Å². The zero-order valence-corrected chi connectivity index (χ0v) is 10.2. The quantitative estimate of drug-likeness (QED) is 0.763. The van der Waals surface area contributed by atoms with Crippen molar-refractivity contribution in [3.8, 4) is 6.07 Å². The van der Waals surface area contributed by atoms with Crippen LogP contribution in [0.2, 0.25) is 5.02 Å². The Hall–Kier alpha value is -0.560. The van der Waals surface area contributed by atoms with Gasteiger partial charge in [0.25, 0.3) is 0 Å². The molecular formula is C10H5BrClNS. The number of benzene rings is 1. The van der Waals surface area contributed by atoms with Crippen LogP contribution in [0.4, 0.5) is 0 Å². The second kappa shape index (κ2) is 3.90. The minimum absolute atomic E-state index is 0.462. The minimum Gasteiger partial charge on any atom is -0.198 e. The summed E-state index contributed by atoms with van der Waals surface area (Å²) >= 11 is 11.0. The fourth-order valence-corrected chi connectivity index (χ4v) is 3.46.